The Kier molecular flexibility index (Phi) is 4.11. The van der Waals surface area contributed by atoms with Crippen LogP contribution in [0, 0.1) is 6.92 Å². The molecule has 1 aliphatic heterocycles. The highest BCUT2D eigenvalue weighted by atomic mass is 32.2. The van der Waals surface area contributed by atoms with Crippen LogP contribution in [-0.2, 0) is 5.75 Å². The molecule has 0 aliphatic carbocycles. The van der Waals surface area contributed by atoms with E-state index in [1.165, 1.54) is 28.1 Å². The van der Waals surface area contributed by atoms with Crippen LogP contribution >= 0.6 is 11.8 Å². The van der Waals surface area contributed by atoms with Crippen molar-refractivity contribution < 1.29 is 0 Å². The van der Waals surface area contributed by atoms with Crippen molar-refractivity contribution in [3.05, 3.63) is 59.2 Å². The maximum Gasteiger partial charge on any atom is 0.0607 e. The molecule has 21 heavy (non-hydrogen) atoms. The molecule has 2 aromatic carbocycles. The summed E-state index contributed by atoms with van der Waals surface area (Å²) >= 11 is 2.01. The summed E-state index contributed by atoms with van der Waals surface area (Å²) in [6.45, 7) is 2.18. The summed E-state index contributed by atoms with van der Waals surface area (Å²) in [5.74, 6) is 2.26. The van der Waals surface area contributed by atoms with E-state index in [1.54, 1.807) is 0 Å². The van der Waals surface area contributed by atoms with Gasteiger partial charge in [0.1, 0.15) is 0 Å². The maximum atomic E-state index is 3.73. The molecular weight excluding hydrogens is 276 g/mol. The molecule has 1 unspecified atom stereocenters. The number of anilines is 2. The number of hydrogen-bond donors (Lipinski definition) is 1. The zero-order valence-corrected chi connectivity index (χ0v) is 13.7. The molecule has 0 radical (unpaired) electrons. The molecule has 3 rings (SSSR count). The molecule has 1 heterocycles. The van der Waals surface area contributed by atoms with Crippen LogP contribution in [0.5, 0.6) is 0 Å². The van der Waals surface area contributed by atoms with Crippen LogP contribution < -0.4 is 10.2 Å². The van der Waals surface area contributed by atoms with Gasteiger partial charge < -0.3 is 10.2 Å². The van der Waals surface area contributed by atoms with Crippen molar-refractivity contribution in [1.29, 1.82) is 0 Å². The molecule has 1 N–H and O–H groups in total. The van der Waals surface area contributed by atoms with E-state index in [0.29, 0.717) is 6.04 Å². The summed E-state index contributed by atoms with van der Waals surface area (Å²) in [7, 11) is 4.16. The van der Waals surface area contributed by atoms with Crippen LogP contribution in [0.1, 0.15) is 22.7 Å². The van der Waals surface area contributed by atoms with E-state index in [1.807, 2.05) is 11.8 Å². The first-order valence-corrected chi connectivity index (χ1v) is 8.50. The fourth-order valence-electron chi connectivity index (χ4n) is 2.78. The van der Waals surface area contributed by atoms with Crippen LogP contribution in [0.2, 0.25) is 0 Å². The lowest BCUT2D eigenvalue weighted by Gasteiger charge is -2.28. The minimum absolute atomic E-state index is 0.406. The first kappa shape index (κ1) is 14.3. The summed E-state index contributed by atoms with van der Waals surface area (Å²) in [5.41, 5.74) is 6.70. The third-order valence-electron chi connectivity index (χ3n) is 4.03. The first-order chi connectivity index (χ1) is 10.1. The molecule has 0 bridgehead atoms. The second-order valence-corrected chi connectivity index (χ2v) is 6.83. The average molecular weight is 298 g/mol. The zero-order valence-electron chi connectivity index (χ0n) is 12.9. The van der Waals surface area contributed by atoms with Gasteiger partial charge in [0.25, 0.3) is 0 Å². The van der Waals surface area contributed by atoms with Gasteiger partial charge in [-0.3, -0.25) is 0 Å². The first-order valence-electron chi connectivity index (χ1n) is 7.35. The van der Waals surface area contributed by atoms with Crippen LogP contribution in [0.25, 0.3) is 0 Å². The Labute approximate surface area is 131 Å². The van der Waals surface area contributed by atoms with Crippen molar-refractivity contribution in [3.63, 3.8) is 0 Å². The number of benzene rings is 2. The molecule has 1 aliphatic rings. The fourth-order valence-corrected chi connectivity index (χ4v) is 3.88. The van der Waals surface area contributed by atoms with Crippen molar-refractivity contribution in [2.45, 2.75) is 18.7 Å². The Morgan fingerprint density at radius 3 is 2.71 bits per heavy atom. The summed E-state index contributed by atoms with van der Waals surface area (Å²) in [6, 6.07) is 15.8. The number of fused-ring (bicyclic) bond motifs is 1. The Balaban J connectivity index is 1.85. The lowest BCUT2D eigenvalue weighted by molar-refractivity contribution is 0.869. The van der Waals surface area contributed by atoms with E-state index >= 15 is 0 Å². The SMILES string of the molecule is Cc1cc(N(C)C)ccc1NC1CSCc2ccccc21. The van der Waals surface area contributed by atoms with E-state index in [4.69, 9.17) is 0 Å². The van der Waals surface area contributed by atoms with Gasteiger partial charge in [-0.25, -0.2) is 0 Å². The Bertz CT molecular complexity index is 637. The third kappa shape index (κ3) is 3.03. The van der Waals surface area contributed by atoms with E-state index in [9.17, 15) is 0 Å². The molecule has 0 spiro atoms. The number of nitrogens with one attached hydrogen (secondary N) is 1. The Morgan fingerprint density at radius 2 is 1.95 bits per heavy atom. The van der Waals surface area contributed by atoms with E-state index in [-0.39, 0.29) is 0 Å². The van der Waals surface area contributed by atoms with Crippen LogP contribution in [0.15, 0.2) is 42.5 Å². The predicted octanol–water partition coefficient (Wildman–Crippen LogP) is 4.46. The molecule has 2 aromatic rings. The monoisotopic (exact) mass is 298 g/mol. The van der Waals surface area contributed by atoms with Crippen molar-refractivity contribution in [2.24, 2.45) is 0 Å². The summed E-state index contributed by atoms with van der Waals surface area (Å²) < 4.78 is 0. The van der Waals surface area contributed by atoms with Gasteiger partial charge in [0.2, 0.25) is 0 Å². The highest BCUT2D eigenvalue weighted by Crippen LogP contribution is 2.34. The largest absolute Gasteiger partial charge is 0.378 e. The standard InChI is InChI=1S/C18H22N2S/c1-13-10-15(20(2)3)8-9-17(13)19-18-12-21-11-14-6-4-5-7-16(14)18/h4-10,18-19H,11-12H2,1-3H3. The smallest absolute Gasteiger partial charge is 0.0607 e. The van der Waals surface area contributed by atoms with Gasteiger partial charge in [-0.05, 0) is 41.8 Å². The summed E-state index contributed by atoms with van der Waals surface area (Å²) in [6.07, 6.45) is 0. The summed E-state index contributed by atoms with van der Waals surface area (Å²) in [5, 5.41) is 3.73. The van der Waals surface area contributed by atoms with Gasteiger partial charge in [0, 0.05) is 37.0 Å². The van der Waals surface area contributed by atoms with Gasteiger partial charge in [-0.1, -0.05) is 24.3 Å². The lowest BCUT2D eigenvalue weighted by atomic mass is 10.0. The van der Waals surface area contributed by atoms with Gasteiger partial charge in [-0.15, -0.1) is 0 Å². The maximum absolute atomic E-state index is 3.73. The molecule has 0 amide bonds. The molecule has 0 fully saturated rings. The molecule has 110 valence electrons. The number of thioether (sulfide) groups is 1. The normalized spacial score (nSPS) is 17.2. The van der Waals surface area contributed by atoms with E-state index in [0.717, 1.165) is 11.5 Å². The molecule has 1 atom stereocenters. The van der Waals surface area contributed by atoms with Crippen molar-refractivity contribution >= 4 is 23.1 Å². The zero-order chi connectivity index (χ0) is 14.8. The average Bonchev–Trinajstić information content (AvgIpc) is 2.49. The van der Waals surface area contributed by atoms with Crippen molar-refractivity contribution in [2.75, 3.05) is 30.1 Å². The fraction of sp³-hybridized carbons (Fsp3) is 0.333. The van der Waals surface area contributed by atoms with Crippen LogP contribution in [-0.4, -0.2) is 19.8 Å². The molecule has 2 nitrogen and oxygen atoms in total. The highest BCUT2D eigenvalue weighted by Gasteiger charge is 2.20. The molecular formula is C18H22N2S. The molecule has 0 aromatic heterocycles. The topological polar surface area (TPSA) is 15.3 Å². The lowest BCUT2D eigenvalue weighted by Crippen LogP contribution is -2.19. The number of nitrogens with zero attached hydrogens (tertiary/aromatic N) is 1. The van der Waals surface area contributed by atoms with Crippen molar-refractivity contribution in [3.8, 4) is 0 Å². The number of aryl methyl sites for hydroxylation is 1. The van der Waals surface area contributed by atoms with Gasteiger partial charge in [0.05, 0.1) is 6.04 Å². The van der Waals surface area contributed by atoms with Crippen LogP contribution in [0.3, 0.4) is 0 Å². The quantitative estimate of drug-likeness (QED) is 0.900. The third-order valence-corrected chi connectivity index (χ3v) is 5.11. The van der Waals surface area contributed by atoms with E-state index < -0.39 is 0 Å². The van der Waals surface area contributed by atoms with Gasteiger partial charge >= 0.3 is 0 Å². The number of rotatable bonds is 3. The minimum Gasteiger partial charge on any atom is -0.378 e. The molecule has 3 heteroatoms. The van der Waals surface area contributed by atoms with E-state index in [2.05, 4.69) is 73.7 Å². The Hall–Kier alpha value is -1.61. The van der Waals surface area contributed by atoms with Gasteiger partial charge in [0.15, 0.2) is 0 Å². The molecule has 0 saturated heterocycles. The highest BCUT2D eigenvalue weighted by molar-refractivity contribution is 7.98. The van der Waals surface area contributed by atoms with Crippen LogP contribution in [0.4, 0.5) is 11.4 Å². The molecule has 0 saturated carbocycles. The Morgan fingerprint density at radius 1 is 1.14 bits per heavy atom. The second-order valence-electron chi connectivity index (χ2n) is 5.80. The summed E-state index contributed by atoms with van der Waals surface area (Å²) in [4.78, 5) is 2.14. The minimum atomic E-state index is 0.406. The number of hydrogen-bond acceptors (Lipinski definition) is 3. The second kappa shape index (κ2) is 6.02. The predicted molar refractivity (Wildman–Crippen MR) is 94.5 cm³/mol. The van der Waals surface area contributed by atoms with Crippen molar-refractivity contribution in [1.82, 2.24) is 0 Å². The van der Waals surface area contributed by atoms with Gasteiger partial charge in [-0.2, -0.15) is 11.8 Å².